The molecule has 0 spiro atoms. The summed E-state index contributed by atoms with van der Waals surface area (Å²) in [7, 11) is 0. The van der Waals surface area contributed by atoms with Crippen LogP contribution >= 0.6 is 11.8 Å². The van der Waals surface area contributed by atoms with Crippen molar-refractivity contribution in [2.75, 3.05) is 12.3 Å². The molecule has 7 heteroatoms. The van der Waals surface area contributed by atoms with E-state index in [1.807, 2.05) is 36.4 Å². The zero-order valence-electron chi connectivity index (χ0n) is 16.7. The number of hydrogen-bond acceptors (Lipinski definition) is 6. The fourth-order valence-electron chi connectivity index (χ4n) is 3.70. The van der Waals surface area contributed by atoms with Gasteiger partial charge in [0.1, 0.15) is 11.9 Å². The third kappa shape index (κ3) is 4.36. The Hall–Kier alpha value is -3.45. The predicted octanol–water partition coefficient (Wildman–Crippen LogP) is 3.90. The highest BCUT2D eigenvalue weighted by molar-refractivity contribution is 7.99. The van der Waals surface area contributed by atoms with Crippen LogP contribution in [-0.2, 0) is 11.2 Å². The van der Waals surface area contributed by atoms with Crippen molar-refractivity contribution in [3.63, 3.8) is 0 Å². The Kier molecular flexibility index (Phi) is 5.50. The van der Waals surface area contributed by atoms with E-state index in [1.54, 1.807) is 18.6 Å². The van der Waals surface area contributed by atoms with Crippen LogP contribution in [0.3, 0.4) is 0 Å². The Labute approximate surface area is 184 Å². The SMILES string of the molecule is O=C(CSc1ccccn1)NCC1Cc2c(ccc3cc(-c4ncccn4)ccc23)O1. The van der Waals surface area contributed by atoms with Crippen molar-refractivity contribution >= 4 is 28.4 Å². The van der Waals surface area contributed by atoms with Gasteiger partial charge in [-0.25, -0.2) is 15.0 Å². The van der Waals surface area contributed by atoms with Crippen LogP contribution in [0.5, 0.6) is 5.75 Å². The lowest BCUT2D eigenvalue weighted by Crippen LogP contribution is -2.35. The first kappa shape index (κ1) is 19.5. The van der Waals surface area contributed by atoms with Crippen LogP contribution in [0.2, 0.25) is 0 Å². The number of carbonyl (C=O) groups excluding carboxylic acids is 1. The van der Waals surface area contributed by atoms with Crippen molar-refractivity contribution in [3.8, 4) is 17.1 Å². The Bertz CT molecular complexity index is 1220. The minimum Gasteiger partial charge on any atom is -0.488 e. The number of pyridine rings is 1. The smallest absolute Gasteiger partial charge is 0.230 e. The van der Waals surface area contributed by atoms with Gasteiger partial charge >= 0.3 is 0 Å². The van der Waals surface area contributed by atoms with Gasteiger partial charge in [-0.3, -0.25) is 4.79 Å². The number of benzene rings is 2. The molecule has 2 aromatic heterocycles. The molecule has 0 bridgehead atoms. The van der Waals surface area contributed by atoms with Gasteiger partial charge in [0.05, 0.1) is 17.3 Å². The molecule has 2 aromatic carbocycles. The van der Waals surface area contributed by atoms with Gasteiger partial charge in [-0.05, 0) is 41.1 Å². The third-order valence-corrected chi connectivity index (χ3v) is 6.10. The number of thioether (sulfide) groups is 1. The molecule has 3 heterocycles. The molecule has 4 aromatic rings. The molecule has 0 fully saturated rings. The Morgan fingerprint density at radius 3 is 2.74 bits per heavy atom. The normalized spacial score (nSPS) is 14.8. The molecule has 0 saturated heterocycles. The summed E-state index contributed by atoms with van der Waals surface area (Å²) >= 11 is 1.43. The second-order valence-electron chi connectivity index (χ2n) is 7.26. The molecule has 0 aliphatic carbocycles. The van der Waals surface area contributed by atoms with Gasteiger partial charge in [0.2, 0.25) is 5.91 Å². The summed E-state index contributed by atoms with van der Waals surface area (Å²) in [6.07, 6.45) is 5.92. The molecule has 6 nitrogen and oxygen atoms in total. The van der Waals surface area contributed by atoms with E-state index in [0.717, 1.165) is 33.5 Å². The van der Waals surface area contributed by atoms with Gasteiger partial charge in [0, 0.05) is 36.1 Å². The number of amides is 1. The summed E-state index contributed by atoms with van der Waals surface area (Å²) in [5.74, 6) is 1.92. The van der Waals surface area contributed by atoms with Crippen molar-refractivity contribution < 1.29 is 9.53 Å². The fraction of sp³-hybridized carbons (Fsp3) is 0.167. The van der Waals surface area contributed by atoms with Gasteiger partial charge < -0.3 is 10.1 Å². The summed E-state index contributed by atoms with van der Waals surface area (Å²) < 4.78 is 6.08. The van der Waals surface area contributed by atoms with E-state index in [0.29, 0.717) is 18.1 Å². The number of rotatable bonds is 6. The van der Waals surface area contributed by atoms with E-state index in [4.69, 9.17) is 4.74 Å². The number of hydrogen-bond donors (Lipinski definition) is 1. The Morgan fingerprint density at radius 1 is 1.03 bits per heavy atom. The molecular formula is C24H20N4O2S. The van der Waals surface area contributed by atoms with Crippen LogP contribution in [0.15, 0.2) is 78.2 Å². The fourth-order valence-corrected chi connectivity index (χ4v) is 4.39. The summed E-state index contributed by atoms with van der Waals surface area (Å²) in [6, 6.07) is 17.8. The lowest BCUT2D eigenvalue weighted by atomic mass is 9.99. The van der Waals surface area contributed by atoms with Crippen molar-refractivity contribution in [1.29, 1.82) is 0 Å². The number of nitrogens with one attached hydrogen (secondary N) is 1. The minimum atomic E-state index is -0.0680. The first-order chi connectivity index (χ1) is 15.3. The average molecular weight is 429 g/mol. The second kappa shape index (κ2) is 8.73. The molecule has 1 unspecified atom stereocenters. The van der Waals surface area contributed by atoms with Crippen molar-refractivity contribution in [2.45, 2.75) is 17.6 Å². The number of aromatic nitrogens is 3. The predicted molar refractivity (Wildman–Crippen MR) is 121 cm³/mol. The maximum Gasteiger partial charge on any atom is 0.230 e. The van der Waals surface area contributed by atoms with E-state index < -0.39 is 0 Å². The highest BCUT2D eigenvalue weighted by atomic mass is 32.2. The zero-order chi connectivity index (χ0) is 21.0. The van der Waals surface area contributed by atoms with Gasteiger partial charge in [-0.1, -0.05) is 36.0 Å². The van der Waals surface area contributed by atoms with Crippen molar-refractivity contribution in [1.82, 2.24) is 20.3 Å². The van der Waals surface area contributed by atoms with Crippen molar-refractivity contribution in [3.05, 3.63) is 78.8 Å². The van der Waals surface area contributed by atoms with Crippen LogP contribution in [0.25, 0.3) is 22.2 Å². The van der Waals surface area contributed by atoms with Gasteiger partial charge in [-0.2, -0.15) is 0 Å². The summed E-state index contributed by atoms with van der Waals surface area (Å²) in [5, 5.41) is 6.11. The van der Waals surface area contributed by atoms with Gasteiger partial charge in [-0.15, -0.1) is 0 Å². The van der Waals surface area contributed by atoms with Crippen molar-refractivity contribution in [2.24, 2.45) is 0 Å². The van der Waals surface area contributed by atoms with Crippen LogP contribution in [0.1, 0.15) is 5.56 Å². The average Bonchev–Trinajstić information content (AvgIpc) is 3.26. The van der Waals surface area contributed by atoms with Crippen LogP contribution in [0.4, 0.5) is 0 Å². The van der Waals surface area contributed by atoms with Crippen LogP contribution in [-0.4, -0.2) is 39.3 Å². The topological polar surface area (TPSA) is 77.0 Å². The molecule has 0 saturated carbocycles. The maximum absolute atomic E-state index is 12.2. The number of fused-ring (bicyclic) bond motifs is 3. The van der Waals surface area contributed by atoms with Gasteiger partial charge in [0.25, 0.3) is 0 Å². The molecule has 1 amide bonds. The molecular weight excluding hydrogens is 408 g/mol. The minimum absolute atomic E-state index is 0.0208. The third-order valence-electron chi connectivity index (χ3n) is 5.15. The molecule has 154 valence electrons. The van der Waals surface area contributed by atoms with Crippen LogP contribution in [0, 0.1) is 0 Å². The van der Waals surface area contributed by atoms with Crippen LogP contribution < -0.4 is 10.1 Å². The Balaban J connectivity index is 1.23. The van der Waals surface area contributed by atoms with E-state index in [9.17, 15) is 4.79 Å². The number of nitrogens with zero attached hydrogens (tertiary/aromatic N) is 3. The number of carbonyl (C=O) groups is 1. The maximum atomic E-state index is 12.2. The molecule has 0 radical (unpaired) electrons. The van der Waals surface area contributed by atoms with E-state index in [1.165, 1.54) is 17.3 Å². The van der Waals surface area contributed by atoms with E-state index in [2.05, 4.69) is 38.5 Å². The first-order valence-electron chi connectivity index (χ1n) is 10.1. The molecule has 1 aliphatic rings. The van der Waals surface area contributed by atoms with E-state index in [-0.39, 0.29) is 12.0 Å². The molecule has 31 heavy (non-hydrogen) atoms. The standard InChI is InChI=1S/C24H20N4O2S/c29-22(15-31-23-4-1-2-9-25-23)28-14-18-13-20-19-7-5-17(24-26-10-3-11-27-24)12-16(19)6-8-21(20)30-18/h1-12,18H,13-15H2,(H,28,29). The van der Waals surface area contributed by atoms with Gasteiger partial charge in [0.15, 0.2) is 5.82 Å². The second-order valence-corrected chi connectivity index (χ2v) is 8.25. The summed E-state index contributed by atoms with van der Waals surface area (Å²) in [5.41, 5.74) is 2.17. The lowest BCUT2D eigenvalue weighted by Gasteiger charge is -2.11. The molecule has 1 aliphatic heterocycles. The monoisotopic (exact) mass is 428 g/mol. The number of ether oxygens (including phenoxy) is 1. The Morgan fingerprint density at radius 2 is 1.90 bits per heavy atom. The largest absolute Gasteiger partial charge is 0.488 e. The first-order valence-corrected chi connectivity index (χ1v) is 11.0. The summed E-state index contributed by atoms with van der Waals surface area (Å²) in [4.78, 5) is 25.1. The van der Waals surface area contributed by atoms with E-state index >= 15 is 0 Å². The zero-order valence-corrected chi connectivity index (χ0v) is 17.5. The summed E-state index contributed by atoms with van der Waals surface area (Å²) in [6.45, 7) is 0.480. The quantitative estimate of drug-likeness (QED) is 0.470. The molecule has 5 rings (SSSR count). The molecule has 1 N–H and O–H groups in total. The molecule has 1 atom stereocenters. The highest BCUT2D eigenvalue weighted by Gasteiger charge is 2.25. The highest BCUT2D eigenvalue weighted by Crippen LogP contribution is 2.36. The lowest BCUT2D eigenvalue weighted by molar-refractivity contribution is -0.118.